The molecule has 0 radical (unpaired) electrons. The Morgan fingerprint density at radius 2 is 2.00 bits per heavy atom. The van der Waals surface area contributed by atoms with Crippen molar-refractivity contribution in [1.29, 1.82) is 0 Å². The van der Waals surface area contributed by atoms with E-state index in [0.29, 0.717) is 6.54 Å². The van der Waals surface area contributed by atoms with Crippen LogP contribution in [-0.4, -0.2) is 12.3 Å². The highest BCUT2D eigenvalue weighted by molar-refractivity contribution is 5.94. The molecule has 0 amide bonds. The number of rotatable bonds is 5. The molecule has 1 aromatic carbocycles. The molecule has 0 spiro atoms. The van der Waals surface area contributed by atoms with Crippen molar-refractivity contribution < 1.29 is 18.0 Å². The van der Waals surface area contributed by atoms with Crippen molar-refractivity contribution in [1.82, 2.24) is 5.32 Å². The number of Topliss-reactive ketones (excluding diaryl/α,β-unsaturated/α-hetero) is 1. The van der Waals surface area contributed by atoms with Crippen molar-refractivity contribution in [3.63, 3.8) is 0 Å². The zero-order valence-electron chi connectivity index (χ0n) is 10.4. The Morgan fingerprint density at radius 3 is 2.50 bits per heavy atom. The summed E-state index contributed by atoms with van der Waals surface area (Å²) in [7, 11) is 0. The smallest absolute Gasteiger partial charge is 0.313 e. The van der Waals surface area contributed by atoms with E-state index < -0.39 is 11.7 Å². The number of benzene rings is 1. The van der Waals surface area contributed by atoms with Gasteiger partial charge in [-0.2, -0.15) is 13.2 Å². The molecule has 0 unspecified atom stereocenters. The molecule has 100 valence electrons. The largest absolute Gasteiger partial charge is 0.416 e. The number of halogens is 3. The zero-order chi connectivity index (χ0) is 13.8. The molecule has 1 N–H and O–H groups in total. The summed E-state index contributed by atoms with van der Waals surface area (Å²) >= 11 is 0. The van der Waals surface area contributed by atoms with Gasteiger partial charge in [-0.1, -0.05) is 19.1 Å². The summed E-state index contributed by atoms with van der Waals surface area (Å²) in [6.45, 7) is 4.01. The van der Waals surface area contributed by atoms with Crippen LogP contribution in [0.2, 0.25) is 0 Å². The van der Waals surface area contributed by atoms with Gasteiger partial charge in [0.05, 0.1) is 5.56 Å². The van der Waals surface area contributed by atoms with Crippen molar-refractivity contribution in [2.24, 2.45) is 0 Å². The Kier molecular flexibility index (Phi) is 4.90. The minimum absolute atomic E-state index is 0.0848. The molecule has 0 aromatic heterocycles. The van der Waals surface area contributed by atoms with Crippen molar-refractivity contribution in [3.8, 4) is 0 Å². The predicted molar refractivity (Wildman–Crippen MR) is 63.4 cm³/mol. The molecule has 0 aliphatic carbocycles. The molecule has 0 fully saturated rings. The first kappa shape index (κ1) is 14.7. The van der Waals surface area contributed by atoms with Crippen LogP contribution in [0.5, 0.6) is 0 Å². The fourth-order valence-electron chi connectivity index (χ4n) is 1.61. The maximum Gasteiger partial charge on any atom is 0.416 e. The number of alkyl halides is 3. The van der Waals surface area contributed by atoms with Crippen LogP contribution in [0.3, 0.4) is 0 Å². The van der Waals surface area contributed by atoms with Gasteiger partial charge in [0.25, 0.3) is 0 Å². The van der Waals surface area contributed by atoms with Gasteiger partial charge in [-0.15, -0.1) is 0 Å². The standard InChI is InChI=1S/C13H16F3NO/c1-3-6-17-8-11-5-4-10(9(2)18)7-12(11)13(14,15)16/h4-5,7,17H,3,6,8H2,1-2H3. The summed E-state index contributed by atoms with van der Waals surface area (Å²) in [5, 5.41) is 2.93. The fourth-order valence-corrected chi connectivity index (χ4v) is 1.61. The third-order valence-electron chi connectivity index (χ3n) is 2.56. The number of nitrogens with one attached hydrogen (secondary N) is 1. The first-order valence-corrected chi connectivity index (χ1v) is 5.78. The molecule has 0 bridgehead atoms. The minimum Gasteiger partial charge on any atom is -0.313 e. The van der Waals surface area contributed by atoms with Gasteiger partial charge in [-0.3, -0.25) is 4.79 Å². The van der Waals surface area contributed by atoms with Gasteiger partial charge in [0, 0.05) is 12.1 Å². The van der Waals surface area contributed by atoms with E-state index >= 15 is 0 Å². The summed E-state index contributed by atoms with van der Waals surface area (Å²) in [5.41, 5.74) is -0.485. The number of hydrogen-bond acceptors (Lipinski definition) is 2. The van der Waals surface area contributed by atoms with Crippen molar-refractivity contribution >= 4 is 5.78 Å². The Labute approximate surface area is 104 Å². The molecule has 0 atom stereocenters. The maximum absolute atomic E-state index is 12.9. The van der Waals surface area contributed by atoms with E-state index in [4.69, 9.17) is 0 Å². The summed E-state index contributed by atoms with van der Waals surface area (Å²) in [5.74, 6) is -0.367. The van der Waals surface area contributed by atoms with Crippen LogP contribution >= 0.6 is 0 Å². The molecule has 1 aromatic rings. The maximum atomic E-state index is 12.9. The predicted octanol–water partition coefficient (Wildman–Crippen LogP) is 3.41. The van der Waals surface area contributed by atoms with Crippen molar-refractivity contribution in [2.45, 2.75) is 33.0 Å². The normalized spacial score (nSPS) is 11.6. The number of hydrogen-bond donors (Lipinski definition) is 1. The van der Waals surface area contributed by atoms with E-state index in [9.17, 15) is 18.0 Å². The lowest BCUT2D eigenvalue weighted by Gasteiger charge is -2.14. The second-order valence-corrected chi connectivity index (χ2v) is 4.10. The molecule has 0 saturated heterocycles. The summed E-state index contributed by atoms with van der Waals surface area (Å²) in [4.78, 5) is 11.1. The molecule has 2 nitrogen and oxygen atoms in total. The molecule has 0 heterocycles. The Bertz CT molecular complexity index is 427. The van der Waals surface area contributed by atoms with Crippen LogP contribution in [0.15, 0.2) is 18.2 Å². The van der Waals surface area contributed by atoms with Gasteiger partial charge >= 0.3 is 6.18 Å². The third-order valence-corrected chi connectivity index (χ3v) is 2.56. The highest BCUT2D eigenvalue weighted by Gasteiger charge is 2.33. The van der Waals surface area contributed by atoms with E-state index in [1.54, 1.807) is 0 Å². The molecular formula is C13H16F3NO. The van der Waals surface area contributed by atoms with Crippen LogP contribution in [0, 0.1) is 0 Å². The highest BCUT2D eigenvalue weighted by atomic mass is 19.4. The lowest BCUT2D eigenvalue weighted by Crippen LogP contribution is -2.18. The average molecular weight is 259 g/mol. The van der Waals surface area contributed by atoms with Gasteiger partial charge < -0.3 is 5.32 Å². The van der Waals surface area contributed by atoms with Crippen LogP contribution in [-0.2, 0) is 12.7 Å². The van der Waals surface area contributed by atoms with Crippen molar-refractivity contribution in [3.05, 3.63) is 34.9 Å². The molecule has 1 rings (SSSR count). The Morgan fingerprint density at radius 1 is 1.33 bits per heavy atom. The van der Waals surface area contributed by atoms with Crippen LogP contribution < -0.4 is 5.32 Å². The van der Waals surface area contributed by atoms with Gasteiger partial charge in [0.2, 0.25) is 0 Å². The summed E-state index contributed by atoms with van der Waals surface area (Å²) in [6, 6.07) is 3.72. The summed E-state index contributed by atoms with van der Waals surface area (Å²) in [6.07, 6.45) is -3.58. The third kappa shape index (κ3) is 3.84. The summed E-state index contributed by atoms with van der Waals surface area (Å²) < 4.78 is 38.6. The second kappa shape index (κ2) is 6.00. The quantitative estimate of drug-likeness (QED) is 0.648. The monoisotopic (exact) mass is 259 g/mol. The number of ketones is 1. The first-order chi connectivity index (χ1) is 8.36. The minimum atomic E-state index is -4.44. The molecule has 0 aliphatic rings. The van der Waals surface area contributed by atoms with Crippen LogP contribution in [0.4, 0.5) is 13.2 Å². The lowest BCUT2D eigenvalue weighted by molar-refractivity contribution is -0.138. The number of carbonyl (C=O) groups is 1. The van der Waals surface area contributed by atoms with E-state index in [2.05, 4.69) is 5.32 Å². The van der Waals surface area contributed by atoms with Crippen LogP contribution in [0.25, 0.3) is 0 Å². The fraction of sp³-hybridized carbons (Fsp3) is 0.462. The first-order valence-electron chi connectivity index (χ1n) is 5.78. The second-order valence-electron chi connectivity index (χ2n) is 4.10. The van der Waals surface area contributed by atoms with E-state index in [1.165, 1.54) is 19.1 Å². The van der Waals surface area contributed by atoms with Gasteiger partial charge in [0.15, 0.2) is 5.78 Å². The topological polar surface area (TPSA) is 29.1 Å². The molecule has 0 aliphatic heterocycles. The molecular weight excluding hydrogens is 243 g/mol. The molecule has 0 saturated carbocycles. The van der Waals surface area contributed by atoms with Crippen molar-refractivity contribution in [2.75, 3.05) is 6.54 Å². The number of carbonyl (C=O) groups excluding carboxylic acids is 1. The molecule has 5 heteroatoms. The van der Waals surface area contributed by atoms with Gasteiger partial charge in [0.1, 0.15) is 0 Å². The Balaban J connectivity index is 3.05. The van der Waals surface area contributed by atoms with E-state index in [0.717, 1.165) is 12.5 Å². The SMILES string of the molecule is CCCNCc1ccc(C(C)=O)cc1C(F)(F)F. The van der Waals surface area contributed by atoms with E-state index in [1.807, 2.05) is 6.92 Å². The van der Waals surface area contributed by atoms with Gasteiger partial charge in [-0.25, -0.2) is 0 Å². The van der Waals surface area contributed by atoms with Crippen LogP contribution in [0.1, 0.15) is 41.8 Å². The lowest BCUT2D eigenvalue weighted by atomic mass is 10.0. The highest BCUT2D eigenvalue weighted by Crippen LogP contribution is 2.32. The Hall–Kier alpha value is -1.36. The van der Waals surface area contributed by atoms with Gasteiger partial charge in [-0.05, 0) is 31.5 Å². The van der Waals surface area contributed by atoms with E-state index in [-0.39, 0.29) is 23.5 Å². The average Bonchev–Trinajstić information content (AvgIpc) is 2.28. The zero-order valence-corrected chi connectivity index (χ0v) is 10.4. The molecule has 18 heavy (non-hydrogen) atoms.